The molecular formula is C20H32O7. The van der Waals surface area contributed by atoms with E-state index in [1.54, 1.807) is 6.08 Å². The molecule has 0 fully saturated rings. The summed E-state index contributed by atoms with van der Waals surface area (Å²) in [5.41, 5.74) is 0.393. The molecule has 0 bridgehead atoms. The van der Waals surface area contributed by atoms with Crippen LogP contribution in [0, 0.1) is 0 Å². The Morgan fingerprint density at radius 1 is 0.852 bits per heavy atom. The molecule has 0 heterocycles. The summed E-state index contributed by atoms with van der Waals surface area (Å²) >= 11 is 0. The van der Waals surface area contributed by atoms with Crippen molar-refractivity contribution >= 4 is 17.9 Å². The molecule has 0 aliphatic heterocycles. The molecule has 0 aliphatic carbocycles. The molecule has 0 aliphatic rings. The molecule has 0 spiro atoms. The van der Waals surface area contributed by atoms with Crippen LogP contribution in [0.2, 0.25) is 0 Å². The number of aliphatic carboxylic acids is 2. The highest BCUT2D eigenvalue weighted by atomic mass is 16.7. The molecular weight excluding hydrogens is 352 g/mol. The van der Waals surface area contributed by atoms with E-state index in [1.807, 2.05) is 6.08 Å². The molecule has 154 valence electrons. The van der Waals surface area contributed by atoms with Gasteiger partial charge in [0.15, 0.2) is 6.79 Å². The van der Waals surface area contributed by atoms with Crippen molar-refractivity contribution < 1.29 is 34.1 Å². The maximum atomic E-state index is 11.5. The molecule has 0 saturated carbocycles. The largest absolute Gasteiger partial charge is 0.481 e. The van der Waals surface area contributed by atoms with Gasteiger partial charge < -0.3 is 19.7 Å². The van der Waals surface area contributed by atoms with Gasteiger partial charge in [0.2, 0.25) is 0 Å². The highest BCUT2D eigenvalue weighted by Crippen LogP contribution is 2.12. The van der Waals surface area contributed by atoms with Crippen LogP contribution in [0.3, 0.4) is 0 Å². The smallest absolute Gasteiger partial charge is 0.333 e. The molecule has 0 aromatic carbocycles. The molecule has 0 amide bonds. The molecule has 0 radical (unpaired) electrons. The van der Waals surface area contributed by atoms with Crippen LogP contribution in [-0.4, -0.2) is 42.0 Å². The zero-order chi connectivity index (χ0) is 20.3. The molecule has 0 unspecified atom stereocenters. The van der Waals surface area contributed by atoms with Gasteiger partial charge in [0.25, 0.3) is 0 Å². The summed E-state index contributed by atoms with van der Waals surface area (Å²) in [6.45, 7) is -0.168. The molecule has 0 rings (SSSR count). The highest BCUT2D eigenvalue weighted by molar-refractivity contribution is 5.85. The second kappa shape index (κ2) is 17.3. The normalized spacial score (nSPS) is 11.7. The zero-order valence-corrected chi connectivity index (χ0v) is 16.2. The van der Waals surface area contributed by atoms with E-state index in [0.29, 0.717) is 5.57 Å². The van der Waals surface area contributed by atoms with Crippen LogP contribution >= 0.6 is 0 Å². The lowest BCUT2D eigenvalue weighted by atomic mass is 10.1. The number of allylic oxidation sites excluding steroid dienone is 2. The number of methoxy groups -OCH3 is 1. The van der Waals surface area contributed by atoms with Gasteiger partial charge in [-0.2, -0.15) is 0 Å². The van der Waals surface area contributed by atoms with Crippen molar-refractivity contribution in [1.29, 1.82) is 0 Å². The van der Waals surface area contributed by atoms with Crippen LogP contribution < -0.4 is 0 Å². The molecule has 2 N–H and O–H groups in total. The number of carboxylic acid groups (broad SMARTS) is 2. The molecule has 0 aromatic heterocycles. The molecule has 0 saturated heterocycles. The number of unbranched alkanes of at least 4 members (excludes halogenated alkanes) is 8. The Balaban J connectivity index is 3.88. The summed E-state index contributed by atoms with van der Waals surface area (Å²) in [5, 5.41) is 17.4. The summed E-state index contributed by atoms with van der Waals surface area (Å²) in [6, 6.07) is 0. The lowest BCUT2D eigenvalue weighted by molar-refractivity contribution is -0.148. The summed E-state index contributed by atoms with van der Waals surface area (Å²) < 4.78 is 9.36. The fourth-order valence-electron chi connectivity index (χ4n) is 2.48. The minimum Gasteiger partial charge on any atom is -0.481 e. The number of carboxylic acids is 2. The van der Waals surface area contributed by atoms with Crippen molar-refractivity contribution in [3.8, 4) is 0 Å². The van der Waals surface area contributed by atoms with E-state index in [9.17, 15) is 14.4 Å². The molecule has 7 heteroatoms. The summed E-state index contributed by atoms with van der Waals surface area (Å²) in [7, 11) is 1.40. The van der Waals surface area contributed by atoms with Gasteiger partial charge in [-0.15, -0.1) is 0 Å². The first-order valence-corrected chi connectivity index (χ1v) is 9.42. The van der Waals surface area contributed by atoms with Crippen LogP contribution in [-0.2, 0) is 23.9 Å². The van der Waals surface area contributed by atoms with E-state index in [-0.39, 0.29) is 19.6 Å². The maximum Gasteiger partial charge on any atom is 0.333 e. The lowest BCUT2D eigenvalue weighted by Gasteiger charge is -2.02. The number of hydrogen-bond donors (Lipinski definition) is 2. The van der Waals surface area contributed by atoms with Gasteiger partial charge >= 0.3 is 17.9 Å². The van der Waals surface area contributed by atoms with Crippen LogP contribution in [0.1, 0.15) is 70.6 Å². The first-order valence-electron chi connectivity index (χ1n) is 9.42. The van der Waals surface area contributed by atoms with Gasteiger partial charge in [-0.1, -0.05) is 50.7 Å². The van der Waals surface area contributed by atoms with E-state index in [1.165, 1.54) is 13.2 Å². The van der Waals surface area contributed by atoms with Gasteiger partial charge in [-0.05, 0) is 24.8 Å². The van der Waals surface area contributed by atoms with Crippen molar-refractivity contribution in [2.75, 3.05) is 13.9 Å². The Morgan fingerprint density at radius 2 is 1.44 bits per heavy atom. The van der Waals surface area contributed by atoms with Crippen molar-refractivity contribution in [3.63, 3.8) is 0 Å². The van der Waals surface area contributed by atoms with E-state index in [2.05, 4.69) is 4.74 Å². The number of carbonyl (C=O) groups excluding carboxylic acids is 1. The fourth-order valence-corrected chi connectivity index (χ4v) is 2.48. The van der Waals surface area contributed by atoms with Crippen LogP contribution in [0.5, 0.6) is 0 Å². The lowest BCUT2D eigenvalue weighted by Crippen LogP contribution is -2.05. The molecule has 27 heavy (non-hydrogen) atoms. The van der Waals surface area contributed by atoms with Crippen LogP contribution in [0.4, 0.5) is 0 Å². The van der Waals surface area contributed by atoms with Gasteiger partial charge in [0.1, 0.15) is 0 Å². The first-order chi connectivity index (χ1) is 13.0. The average Bonchev–Trinajstić information content (AvgIpc) is 2.59. The Bertz CT molecular complexity index is 495. The Labute approximate surface area is 161 Å². The molecule has 0 aromatic rings. The van der Waals surface area contributed by atoms with E-state index < -0.39 is 17.9 Å². The minimum atomic E-state index is -1.01. The predicted octanol–water partition coefficient (Wildman–Crippen LogP) is 4.08. The Morgan fingerprint density at radius 3 is 2.00 bits per heavy atom. The third-order valence-corrected chi connectivity index (χ3v) is 3.82. The summed E-state index contributed by atoms with van der Waals surface area (Å²) in [6.07, 6.45) is 13.9. The first kappa shape index (κ1) is 24.8. The molecule has 0 atom stereocenters. The van der Waals surface area contributed by atoms with Gasteiger partial charge in [-0.25, -0.2) is 4.79 Å². The number of rotatable bonds is 17. The second-order valence-electron chi connectivity index (χ2n) is 6.32. The summed E-state index contributed by atoms with van der Waals surface area (Å²) in [5.74, 6) is -2.36. The van der Waals surface area contributed by atoms with Crippen molar-refractivity contribution in [2.24, 2.45) is 0 Å². The predicted molar refractivity (Wildman–Crippen MR) is 101 cm³/mol. The van der Waals surface area contributed by atoms with Crippen LogP contribution in [0.25, 0.3) is 0 Å². The second-order valence-corrected chi connectivity index (χ2v) is 6.32. The standard InChI is InChI=1S/C20H32O7/c1-26-16-27-20(25)15-17(14-19(23)24)12-10-8-6-4-2-3-5-7-9-11-13-18(21)22/h10,12,15H,2-9,11,13-14,16H2,1H3,(H,21,22)(H,23,24)/b12-10+,17-15+. The number of esters is 1. The minimum absolute atomic E-state index is 0.168. The summed E-state index contributed by atoms with van der Waals surface area (Å²) in [4.78, 5) is 32.7. The van der Waals surface area contributed by atoms with E-state index >= 15 is 0 Å². The topological polar surface area (TPSA) is 110 Å². The van der Waals surface area contributed by atoms with E-state index in [0.717, 1.165) is 57.8 Å². The highest BCUT2D eigenvalue weighted by Gasteiger charge is 2.05. The molecule has 7 nitrogen and oxygen atoms in total. The maximum absolute atomic E-state index is 11.5. The SMILES string of the molecule is COCOC(=O)/C=C(\C=C\CCCCCCCCCCC(=O)O)CC(=O)O. The van der Waals surface area contributed by atoms with Crippen molar-refractivity contribution in [1.82, 2.24) is 0 Å². The Hall–Kier alpha value is -2.15. The number of hydrogen-bond acceptors (Lipinski definition) is 5. The third-order valence-electron chi connectivity index (χ3n) is 3.82. The van der Waals surface area contributed by atoms with Crippen LogP contribution in [0.15, 0.2) is 23.8 Å². The Kier molecular flexibility index (Phi) is 15.9. The number of carbonyl (C=O) groups is 3. The fraction of sp³-hybridized carbons (Fsp3) is 0.650. The van der Waals surface area contributed by atoms with Crippen molar-refractivity contribution in [3.05, 3.63) is 23.8 Å². The number of ether oxygens (including phenoxy) is 2. The van der Waals surface area contributed by atoms with Gasteiger partial charge in [0, 0.05) is 19.6 Å². The van der Waals surface area contributed by atoms with Crippen molar-refractivity contribution in [2.45, 2.75) is 70.6 Å². The quantitative estimate of drug-likeness (QED) is 0.128. The zero-order valence-electron chi connectivity index (χ0n) is 16.2. The van der Waals surface area contributed by atoms with Gasteiger partial charge in [-0.3, -0.25) is 9.59 Å². The van der Waals surface area contributed by atoms with Gasteiger partial charge in [0.05, 0.1) is 6.42 Å². The van der Waals surface area contributed by atoms with E-state index in [4.69, 9.17) is 14.9 Å². The average molecular weight is 384 g/mol. The third kappa shape index (κ3) is 18.4. The monoisotopic (exact) mass is 384 g/mol.